The van der Waals surface area contributed by atoms with Gasteiger partial charge in [-0.05, 0) is 31.0 Å². The molecule has 1 aromatic rings. The Kier molecular flexibility index (Phi) is 4.86. The van der Waals surface area contributed by atoms with Gasteiger partial charge in [0.15, 0.2) is 0 Å². The van der Waals surface area contributed by atoms with Crippen molar-refractivity contribution in [3.8, 4) is 0 Å². The number of amides is 1. The lowest BCUT2D eigenvalue weighted by Crippen LogP contribution is -2.33. The highest BCUT2D eigenvalue weighted by atomic mass is 79.9. The van der Waals surface area contributed by atoms with Gasteiger partial charge in [-0.25, -0.2) is 0 Å². The lowest BCUT2D eigenvalue weighted by atomic mass is 9.98. The number of hydrogen-bond acceptors (Lipinski definition) is 2. The van der Waals surface area contributed by atoms with Gasteiger partial charge in [0.05, 0.1) is 11.4 Å². The molecule has 0 saturated heterocycles. The van der Waals surface area contributed by atoms with Crippen molar-refractivity contribution in [1.29, 1.82) is 0 Å². The van der Waals surface area contributed by atoms with E-state index < -0.39 is 0 Å². The van der Waals surface area contributed by atoms with Gasteiger partial charge < -0.3 is 10.6 Å². The fourth-order valence-corrected chi connectivity index (χ4v) is 3.13. The highest BCUT2D eigenvalue weighted by molar-refractivity contribution is 9.10. The maximum absolute atomic E-state index is 12.5. The third-order valence-electron chi connectivity index (χ3n) is 3.89. The molecule has 1 amide bonds. The Hall–Kier alpha value is -1.03. The maximum atomic E-state index is 12.5. The predicted molar refractivity (Wildman–Crippen MR) is 83.2 cm³/mol. The molecule has 0 spiro atoms. The third-order valence-corrected chi connectivity index (χ3v) is 4.38. The van der Waals surface area contributed by atoms with Crippen molar-refractivity contribution in [3.05, 3.63) is 22.7 Å². The molecule has 4 heteroatoms. The second-order valence-electron chi connectivity index (χ2n) is 5.29. The number of nitrogens with two attached hydrogens (primary N) is 1. The summed E-state index contributed by atoms with van der Waals surface area (Å²) in [5.41, 5.74) is 7.44. The average molecular weight is 325 g/mol. The first kappa shape index (κ1) is 14.4. The van der Waals surface area contributed by atoms with Crippen LogP contribution in [0.25, 0.3) is 0 Å². The van der Waals surface area contributed by atoms with E-state index >= 15 is 0 Å². The van der Waals surface area contributed by atoms with E-state index in [0.29, 0.717) is 5.69 Å². The van der Waals surface area contributed by atoms with Gasteiger partial charge in [0.1, 0.15) is 0 Å². The highest BCUT2D eigenvalue weighted by Crippen LogP contribution is 2.30. The molecule has 0 unspecified atom stereocenters. The van der Waals surface area contributed by atoms with Gasteiger partial charge in [-0.3, -0.25) is 4.79 Å². The molecule has 1 aromatic carbocycles. The Morgan fingerprint density at radius 3 is 2.47 bits per heavy atom. The third kappa shape index (κ3) is 3.50. The van der Waals surface area contributed by atoms with Gasteiger partial charge in [0.25, 0.3) is 0 Å². The summed E-state index contributed by atoms with van der Waals surface area (Å²) >= 11 is 3.39. The molecule has 1 fully saturated rings. The zero-order chi connectivity index (χ0) is 13.8. The molecule has 0 radical (unpaired) electrons. The summed E-state index contributed by atoms with van der Waals surface area (Å²) in [6.07, 6.45) is 6.88. The molecular weight excluding hydrogens is 304 g/mol. The van der Waals surface area contributed by atoms with Crippen molar-refractivity contribution >= 4 is 33.2 Å². The zero-order valence-corrected chi connectivity index (χ0v) is 12.9. The van der Waals surface area contributed by atoms with Gasteiger partial charge in [0.2, 0.25) is 5.91 Å². The Morgan fingerprint density at radius 1 is 1.26 bits per heavy atom. The zero-order valence-electron chi connectivity index (χ0n) is 11.4. The number of anilines is 2. The van der Waals surface area contributed by atoms with Crippen LogP contribution in [0.15, 0.2) is 22.7 Å². The number of carbonyl (C=O) groups excluding carboxylic acids is 1. The van der Waals surface area contributed by atoms with Gasteiger partial charge in [-0.15, -0.1) is 0 Å². The Morgan fingerprint density at radius 2 is 1.89 bits per heavy atom. The molecule has 2 rings (SSSR count). The van der Waals surface area contributed by atoms with Crippen molar-refractivity contribution in [2.24, 2.45) is 5.92 Å². The monoisotopic (exact) mass is 324 g/mol. The molecule has 1 saturated carbocycles. The largest absolute Gasteiger partial charge is 0.397 e. The quantitative estimate of drug-likeness (QED) is 0.661. The summed E-state index contributed by atoms with van der Waals surface area (Å²) in [4.78, 5) is 14.3. The average Bonchev–Trinajstić information content (AvgIpc) is 2.66. The standard InChI is InChI=1S/C15H21BrN2O/c1-18(14-9-8-12(16)10-13(14)17)15(19)11-6-4-2-3-5-7-11/h8-11H,2-7,17H2,1H3. The van der Waals surface area contributed by atoms with Gasteiger partial charge in [-0.1, -0.05) is 41.6 Å². The first-order chi connectivity index (χ1) is 9.09. The minimum Gasteiger partial charge on any atom is -0.397 e. The molecule has 0 atom stereocenters. The molecule has 0 bridgehead atoms. The molecular formula is C15H21BrN2O. The predicted octanol–water partition coefficient (Wildman–Crippen LogP) is 3.96. The molecule has 0 aliphatic heterocycles. The molecule has 104 valence electrons. The van der Waals surface area contributed by atoms with E-state index in [9.17, 15) is 4.79 Å². The molecule has 3 nitrogen and oxygen atoms in total. The van der Waals surface area contributed by atoms with E-state index in [4.69, 9.17) is 5.73 Å². The lowest BCUT2D eigenvalue weighted by Gasteiger charge is -2.24. The topological polar surface area (TPSA) is 46.3 Å². The molecule has 1 aliphatic carbocycles. The van der Waals surface area contributed by atoms with E-state index in [1.807, 2.05) is 25.2 Å². The van der Waals surface area contributed by atoms with Crippen LogP contribution in [0.5, 0.6) is 0 Å². The number of nitrogens with zero attached hydrogens (tertiary/aromatic N) is 1. The number of hydrogen-bond donors (Lipinski definition) is 1. The van der Waals surface area contributed by atoms with E-state index in [0.717, 1.165) is 23.0 Å². The SMILES string of the molecule is CN(C(=O)C1CCCCCC1)c1ccc(Br)cc1N. The summed E-state index contributed by atoms with van der Waals surface area (Å²) in [7, 11) is 1.83. The first-order valence-corrected chi connectivity index (χ1v) is 7.71. The van der Waals surface area contributed by atoms with Crippen LogP contribution < -0.4 is 10.6 Å². The molecule has 2 N–H and O–H groups in total. The Bertz CT molecular complexity index is 453. The summed E-state index contributed by atoms with van der Waals surface area (Å²) in [6, 6.07) is 5.66. The normalized spacial score (nSPS) is 16.9. The minimum atomic E-state index is 0.163. The van der Waals surface area contributed by atoms with E-state index in [1.54, 1.807) is 4.90 Å². The second kappa shape index (κ2) is 6.42. The minimum absolute atomic E-state index is 0.163. The summed E-state index contributed by atoms with van der Waals surface area (Å²) in [6.45, 7) is 0. The van der Waals surface area contributed by atoms with Gasteiger partial charge in [0, 0.05) is 17.4 Å². The smallest absolute Gasteiger partial charge is 0.229 e. The van der Waals surface area contributed by atoms with E-state index in [1.165, 1.54) is 25.7 Å². The van der Waals surface area contributed by atoms with Crippen LogP contribution in [0.2, 0.25) is 0 Å². The number of benzene rings is 1. The van der Waals surface area contributed by atoms with Gasteiger partial charge >= 0.3 is 0 Å². The van der Waals surface area contributed by atoms with Crippen LogP contribution >= 0.6 is 15.9 Å². The van der Waals surface area contributed by atoms with Crippen molar-refractivity contribution in [1.82, 2.24) is 0 Å². The lowest BCUT2D eigenvalue weighted by molar-refractivity contribution is -0.122. The Balaban J connectivity index is 2.13. The van der Waals surface area contributed by atoms with Crippen LogP contribution in [-0.4, -0.2) is 13.0 Å². The first-order valence-electron chi connectivity index (χ1n) is 6.92. The van der Waals surface area contributed by atoms with Gasteiger partial charge in [-0.2, -0.15) is 0 Å². The second-order valence-corrected chi connectivity index (χ2v) is 6.20. The van der Waals surface area contributed by atoms with Crippen LogP contribution in [0.3, 0.4) is 0 Å². The summed E-state index contributed by atoms with van der Waals surface area (Å²) in [5, 5.41) is 0. The Labute approximate surface area is 123 Å². The maximum Gasteiger partial charge on any atom is 0.229 e. The fraction of sp³-hybridized carbons (Fsp3) is 0.533. The molecule has 0 heterocycles. The fourth-order valence-electron chi connectivity index (χ4n) is 2.75. The van der Waals surface area contributed by atoms with Crippen LogP contribution in [0, 0.1) is 5.92 Å². The molecule has 0 aromatic heterocycles. The van der Waals surface area contributed by atoms with Crippen molar-refractivity contribution in [2.45, 2.75) is 38.5 Å². The summed E-state index contributed by atoms with van der Waals surface area (Å²) in [5.74, 6) is 0.367. The van der Waals surface area contributed by atoms with E-state index in [2.05, 4.69) is 15.9 Å². The number of halogens is 1. The van der Waals surface area contributed by atoms with E-state index in [-0.39, 0.29) is 11.8 Å². The molecule has 19 heavy (non-hydrogen) atoms. The van der Waals surface area contributed by atoms with Crippen LogP contribution in [-0.2, 0) is 4.79 Å². The van der Waals surface area contributed by atoms with Crippen molar-refractivity contribution < 1.29 is 4.79 Å². The highest BCUT2D eigenvalue weighted by Gasteiger charge is 2.24. The number of carbonyl (C=O) groups is 1. The van der Waals surface area contributed by atoms with Crippen LogP contribution in [0.4, 0.5) is 11.4 Å². The summed E-state index contributed by atoms with van der Waals surface area (Å²) < 4.78 is 0.934. The molecule has 1 aliphatic rings. The number of nitrogen functional groups attached to an aromatic ring is 1. The number of rotatable bonds is 2. The van der Waals surface area contributed by atoms with Crippen molar-refractivity contribution in [2.75, 3.05) is 17.7 Å². The van der Waals surface area contributed by atoms with Crippen LogP contribution in [0.1, 0.15) is 38.5 Å². The van der Waals surface area contributed by atoms with Crippen molar-refractivity contribution in [3.63, 3.8) is 0 Å².